The van der Waals surface area contributed by atoms with Crippen LogP contribution < -0.4 is 5.32 Å². The van der Waals surface area contributed by atoms with Crippen LogP contribution in [0.3, 0.4) is 0 Å². The van der Waals surface area contributed by atoms with Gasteiger partial charge in [-0.2, -0.15) is 0 Å². The van der Waals surface area contributed by atoms with Gasteiger partial charge in [0, 0.05) is 25.8 Å². The lowest BCUT2D eigenvalue weighted by molar-refractivity contribution is -0.299. The first kappa shape index (κ1) is 58.8. The molecule has 1 amide bonds. The number of benzene rings is 1. The van der Waals surface area contributed by atoms with E-state index in [1.807, 2.05) is 0 Å². The first-order valence-corrected chi connectivity index (χ1v) is 25.2. The van der Waals surface area contributed by atoms with Crippen LogP contribution in [0.1, 0.15) is 161 Å². The van der Waals surface area contributed by atoms with Crippen LogP contribution in [-0.4, -0.2) is 94.8 Å². The van der Waals surface area contributed by atoms with E-state index in [-0.39, 0.29) is 50.7 Å². The highest BCUT2D eigenvalue weighted by Crippen LogP contribution is 2.23. The molecule has 0 aromatic heterocycles. The minimum atomic E-state index is -1.65. The van der Waals surface area contributed by atoms with Gasteiger partial charge in [0.1, 0.15) is 36.8 Å². The number of allylic oxidation sites excluding steroid dienone is 12. The number of hydrogen-bond acceptors (Lipinski definition) is 11. The molecule has 376 valence electrons. The highest BCUT2D eigenvalue weighted by molar-refractivity contribution is 5.76. The van der Waals surface area contributed by atoms with Crippen molar-refractivity contribution >= 4 is 17.8 Å². The predicted octanol–water partition coefficient (Wildman–Crippen LogP) is 10.3. The zero-order chi connectivity index (χ0) is 48.7. The van der Waals surface area contributed by atoms with Gasteiger partial charge in [-0.25, -0.2) is 0 Å². The molecule has 0 aliphatic carbocycles. The molecule has 0 radical (unpaired) electrons. The molecule has 0 bridgehead atoms. The van der Waals surface area contributed by atoms with E-state index in [1.165, 1.54) is 17.7 Å². The third-order valence-electron chi connectivity index (χ3n) is 11.3. The molecule has 1 fully saturated rings. The average molecular weight is 936 g/mol. The van der Waals surface area contributed by atoms with E-state index in [2.05, 4.69) is 92.9 Å². The molecule has 1 saturated heterocycles. The molecule has 67 heavy (non-hydrogen) atoms. The Morgan fingerprint density at radius 2 is 1.22 bits per heavy atom. The summed E-state index contributed by atoms with van der Waals surface area (Å²) in [5, 5.41) is 44.2. The fourth-order valence-electron chi connectivity index (χ4n) is 7.22. The largest absolute Gasteiger partial charge is 0.508 e. The molecule has 0 spiro atoms. The summed E-state index contributed by atoms with van der Waals surface area (Å²) in [6, 6.07) is 6.52. The van der Waals surface area contributed by atoms with Crippen molar-refractivity contribution in [3.63, 3.8) is 0 Å². The van der Waals surface area contributed by atoms with Crippen molar-refractivity contribution in [3.05, 3.63) is 102 Å². The second-order valence-electron chi connectivity index (χ2n) is 17.4. The number of phenols is 1. The number of aryl methyl sites for hydroxylation is 1. The molecule has 1 aliphatic rings. The Labute approximate surface area is 402 Å². The monoisotopic (exact) mass is 936 g/mol. The van der Waals surface area contributed by atoms with Crippen LogP contribution in [0.25, 0.3) is 0 Å². The van der Waals surface area contributed by atoms with Gasteiger partial charge >= 0.3 is 11.9 Å². The Bertz CT molecular complexity index is 1650. The van der Waals surface area contributed by atoms with Crippen molar-refractivity contribution in [2.45, 2.75) is 199 Å². The Balaban J connectivity index is 1.82. The molecule has 1 aliphatic heterocycles. The first-order valence-electron chi connectivity index (χ1n) is 25.2. The zero-order valence-corrected chi connectivity index (χ0v) is 40.9. The number of unbranched alkanes of at least 4 members (excludes halogenated alkanes) is 10. The number of hydrogen-bond donors (Lipinski definition) is 5. The molecule has 6 unspecified atom stereocenters. The van der Waals surface area contributed by atoms with Crippen molar-refractivity contribution in [2.24, 2.45) is 0 Å². The van der Waals surface area contributed by atoms with E-state index in [1.54, 1.807) is 12.1 Å². The number of carbonyl (C=O) groups is 3. The van der Waals surface area contributed by atoms with Gasteiger partial charge in [0.25, 0.3) is 0 Å². The molecule has 12 heteroatoms. The van der Waals surface area contributed by atoms with E-state index < -0.39 is 48.7 Å². The Kier molecular flexibility index (Phi) is 33.9. The maximum Gasteiger partial charge on any atom is 0.306 e. The molecule has 12 nitrogen and oxygen atoms in total. The number of ether oxygens (including phenoxy) is 4. The van der Waals surface area contributed by atoms with Gasteiger partial charge in [0.2, 0.25) is 5.91 Å². The Hall–Kier alpha value is -4.33. The van der Waals surface area contributed by atoms with Gasteiger partial charge in [0.15, 0.2) is 12.4 Å². The predicted molar refractivity (Wildman–Crippen MR) is 266 cm³/mol. The van der Waals surface area contributed by atoms with Gasteiger partial charge in [-0.05, 0) is 108 Å². The zero-order valence-electron chi connectivity index (χ0n) is 40.9. The first-order chi connectivity index (χ1) is 32.5. The smallest absolute Gasteiger partial charge is 0.306 e. The molecule has 0 saturated carbocycles. The fourth-order valence-corrected chi connectivity index (χ4v) is 7.22. The summed E-state index contributed by atoms with van der Waals surface area (Å²) in [6.07, 6.45) is 34.2. The highest BCUT2D eigenvalue weighted by Gasteiger charge is 2.44. The van der Waals surface area contributed by atoms with Crippen LogP contribution in [0.15, 0.2) is 96.7 Å². The van der Waals surface area contributed by atoms with Crippen LogP contribution in [-0.2, 0) is 39.8 Å². The summed E-state index contributed by atoms with van der Waals surface area (Å²) in [5.41, 5.74) is 2.22. The number of esters is 2. The number of aliphatic hydroxyl groups is 3. The van der Waals surface area contributed by atoms with E-state index in [9.17, 15) is 34.8 Å². The van der Waals surface area contributed by atoms with E-state index >= 15 is 0 Å². The summed E-state index contributed by atoms with van der Waals surface area (Å²) < 4.78 is 22.9. The fraction of sp³-hybridized carbons (Fsp3) is 0.618. The van der Waals surface area contributed by atoms with Crippen LogP contribution in [0, 0.1) is 0 Å². The standard InChI is InChI=1S/C55H85NO11/c1-4-6-8-10-11-12-13-14-15-16-17-18-22-25-29-33-50(59)64-42-47(66-51(60)34-30-26-23-20-19-21-24-28-32-44(3)31-27-9-7-5-2)43-65-55-54(63)53(62)52(61)48(67-55)41-56-49(58)40-37-45-35-38-46(57)39-36-45/h6-9,11-12,14-15,24,28,31,35-36,38-39,47-48,52-55,57,61-63H,4-5,10,13,16-23,25-27,29-30,32-34,37,40-43H2,1-3H3,(H,56,58). The topological polar surface area (TPSA) is 181 Å². The number of aromatic hydroxyl groups is 1. The second-order valence-corrected chi connectivity index (χ2v) is 17.4. The molecule has 6 atom stereocenters. The molecule has 2 rings (SSSR count). The molecule has 1 aromatic carbocycles. The third-order valence-corrected chi connectivity index (χ3v) is 11.3. The molecule has 5 N–H and O–H groups in total. The molecule has 1 aromatic rings. The lowest BCUT2D eigenvalue weighted by atomic mass is 9.98. The number of carbonyl (C=O) groups excluding carboxylic acids is 3. The summed E-state index contributed by atoms with van der Waals surface area (Å²) in [6.45, 7) is 5.66. The van der Waals surface area contributed by atoms with Crippen molar-refractivity contribution in [1.29, 1.82) is 0 Å². The van der Waals surface area contributed by atoms with Gasteiger partial charge in [-0.15, -0.1) is 0 Å². The number of aliphatic hydroxyl groups excluding tert-OH is 3. The maximum absolute atomic E-state index is 13.0. The quantitative estimate of drug-likeness (QED) is 0.0243. The van der Waals surface area contributed by atoms with Crippen molar-refractivity contribution < 1.29 is 53.8 Å². The average Bonchev–Trinajstić information content (AvgIpc) is 3.32. The van der Waals surface area contributed by atoms with Crippen molar-refractivity contribution in [3.8, 4) is 5.75 Å². The SMILES string of the molecule is CCC=CCC=CCC=CCCCCCCCC(=O)OCC(COC1OC(CNC(=O)CCc2ccc(O)cc2)C(O)C(O)C1O)OC(=O)CCCCCCCC=CCC(C)=CCC=CCC. The highest BCUT2D eigenvalue weighted by atomic mass is 16.7. The van der Waals surface area contributed by atoms with E-state index in [4.69, 9.17) is 18.9 Å². The maximum atomic E-state index is 13.0. The van der Waals surface area contributed by atoms with E-state index in [0.29, 0.717) is 19.3 Å². The summed E-state index contributed by atoms with van der Waals surface area (Å²) in [7, 11) is 0. The molecule has 1 heterocycles. The summed E-state index contributed by atoms with van der Waals surface area (Å²) >= 11 is 0. The van der Waals surface area contributed by atoms with Gasteiger partial charge < -0.3 is 44.7 Å². The van der Waals surface area contributed by atoms with Gasteiger partial charge in [0.05, 0.1) is 6.61 Å². The number of phenolic OH excluding ortho intramolecular Hbond substituents is 1. The van der Waals surface area contributed by atoms with Gasteiger partial charge in [-0.1, -0.05) is 137 Å². The lowest BCUT2D eigenvalue weighted by Crippen LogP contribution is -2.60. The number of rotatable bonds is 37. The summed E-state index contributed by atoms with van der Waals surface area (Å²) in [4.78, 5) is 38.4. The minimum absolute atomic E-state index is 0.128. The van der Waals surface area contributed by atoms with Crippen molar-refractivity contribution in [2.75, 3.05) is 19.8 Å². The number of nitrogens with one attached hydrogen (secondary N) is 1. The normalized spacial score (nSPS) is 19.6. The Morgan fingerprint density at radius 1 is 0.657 bits per heavy atom. The van der Waals surface area contributed by atoms with E-state index in [0.717, 1.165) is 108 Å². The van der Waals surface area contributed by atoms with Gasteiger partial charge in [-0.3, -0.25) is 14.4 Å². The number of amides is 1. The minimum Gasteiger partial charge on any atom is -0.508 e. The Morgan fingerprint density at radius 3 is 1.88 bits per heavy atom. The van der Waals surface area contributed by atoms with Crippen LogP contribution in [0.5, 0.6) is 5.75 Å². The molecular formula is C55H85NO11. The lowest BCUT2D eigenvalue weighted by Gasteiger charge is -2.40. The molecular weight excluding hydrogens is 851 g/mol. The van der Waals surface area contributed by atoms with Crippen LogP contribution in [0.2, 0.25) is 0 Å². The van der Waals surface area contributed by atoms with Crippen molar-refractivity contribution in [1.82, 2.24) is 5.32 Å². The van der Waals surface area contributed by atoms with Crippen LogP contribution in [0.4, 0.5) is 0 Å². The third kappa shape index (κ3) is 29.9. The second kappa shape index (κ2) is 38.6. The van der Waals surface area contributed by atoms with Crippen LogP contribution >= 0.6 is 0 Å². The summed E-state index contributed by atoms with van der Waals surface area (Å²) in [5.74, 6) is -1.09.